The zero-order valence-electron chi connectivity index (χ0n) is 13.0. The molecule has 1 saturated heterocycles. The lowest BCUT2D eigenvalue weighted by molar-refractivity contribution is 0.0963. The maximum absolute atomic E-state index is 13.6. The maximum Gasteiger partial charge on any atom is 0.167 e. The number of benzene rings is 1. The van der Waals surface area contributed by atoms with E-state index in [9.17, 15) is 9.18 Å². The molecule has 0 aliphatic carbocycles. The molecule has 1 aromatic rings. The fraction of sp³-hybridized carbons (Fsp3) is 0.588. The predicted molar refractivity (Wildman–Crippen MR) is 83.1 cm³/mol. The molecule has 0 saturated carbocycles. The Labute approximate surface area is 126 Å². The van der Waals surface area contributed by atoms with Crippen LogP contribution in [-0.2, 0) is 0 Å². The molecule has 116 valence electrons. The second-order valence-electron chi connectivity index (χ2n) is 5.62. The molecule has 0 radical (unpaired) electrons. The van der Waals surface area contributed by atoms with E-state index in [0.717, 1.165) is 39.1 Å². The minimum Gasteiger partial charge on any atom is -0.301 e. The Balaban J connectivity index is 1.82. The number of ketones is 1. The van der Waals surface area contributed by atoms with Crippen LogP contribution in [0.25, 0.3) is 0 Å². The van der Waals surface area contributed by atoms with Crippen LogP contribution in [0.5, 0.6) is 0 Å². The summed E-state index contributed by atoms with van der Waals surface area (Å²) in [6, 6.07) is 6.84. The van der Waals surface area contributed by atoms with E-state index in [-0.39, 0.29) is 11.3 Å². The minimum atomic E-state index is -0.412. The summed E-state index contributed by atoms with van der Waals surface area (Å²) in [5.74, 6) is -0.510. The molecule has 0 aromatic heterocycles. The van der Waals surface area contributed by atoms with E-state index in [2.05, 4.69) is 23.6 Å². The summed E-state index contributed by atoms with van der Waals surface area (Å²) in [5.41, 5.74) is 0.219. The van der Waals surface area contributed by atoms with Crippen LogP contribution in [0.1, 0.15) is 37.0 Å². The number of rotatable bonds is 7. The number of carbonyl (C=O) groups excluding carboxylic acids is 1. The van der Waals surface area contributed by atoms with Gasteiger partial charge >= 0.3 is 0 Å². The van der Waals surface area contributed by atoms with Gasteiger partial charge in [0.25, 0.3) is 0 Å². The first-order valence-electron chi connectivity index (χ1n) is 7.89. The van der Waals surface area contributed by atoms with Gasteiger partial charge in [-0.05, 0) is 38.2 Å². The number of nitrogens with zero attached hydrogens (tertiary/aromatic N) is 2. The highest BCUT2D eigenvalue weighted by Gasteiger charge is 2.26. The van der Waals surface area contributed by atoms with Gasteiger partial charge in [-0.25, -0.2) is 4.39 Å². The van der Waals surface area contributed by atoms with Crippen molar-refractivity contribution in [1.29, 1.82) is 0 Å². The molecule has 1 atom stereocenters. The molecule has 0 bridgehead atoms. The van der Waals surface area contributed by atoms with Crippen molar-refractivity contribution in [2.45, 2.75) is 32.7 Å². The van der Waals surface area contributed by atoms with Gasteiger partial charge in [-0.15, -0.1) is 0 Å². The van der Waals surface area contributed by atoms with Crippen molar-refractivity contribution >= 4 is 5.78 Å². The molecule has 1 unspecified atom stereocenters. The molecular formula is C17H25FN2O. The maximum atomic E-state index is 13.6. The van der Waals surface area contributed by atoms with Crippen LogP contribution in [0.4, 0.5) is 4.39 Å². The van der Waals surface area contributed by atoms with E-state index in [4.69, 9.17) is 0 Å². The minimum absolute atomic E-state index is 0.0978. The highest BCUT2D eigenvalue weighted by Crippen LogP contribution is 2.16. The van der Waals surface area contributed by atoms with Crippen LogP contribution in [0, 0.1) is 5.82 Å². The Kier molecular flexibility index (Phi) is 5.88. The van der Waals surface area contributed by atoms with Crippen molar-refractivity contribution in [2.75, 3.05) is 32.7 Å². The first-order valence-corrected chi connectivity index (χ1v) is 7.89. The summed E-state index contributed by atoms with van der Waals surface area (Å²) < 4.78 is 13.6. The van der Waals surface area contributed by atoms with Gasteiger partial charge in [0.05, 0.1) is 5.56 Å². The van der Waals surface area contributed by atoms with E-state index in [1.807, 2.05) is 0 Å². The monoisotopic (exact) mass is 292 g/mol. The van der Waals surface area contributed by atoms with E-state index in [0.29, 0.717) is 12.5 Å². The van der Waals surface area contributed by atoms with Crippen LogP contribution in [-0.4, -0.2) is 54.3 Å². The molecule has 0 N–H and O–H groups in total. The number of hydrogen-bond acceptors (Lipinski definition) is 3. The normalized spacial score (nSPS) is 19.3. The largest absolute Gasteiger partial charge is 0.301 e. The third kappa shape index (κ3) is 4.11. The Morgan fingerprint density at radius 3 is 2.71 bits per heavy atom. The molecule has 0 spiro atoms. The number of carbonyl (C=O) groups is 1. The van der Waals surface area contributed by atoms with Gasteiger partial charge in [0.15, 0.2) is 5.78 Å². The first-order chi connectivity index (χ1) is 10.2. The zero-order valence-corrected chi connectivity index (χ0v) is 13.0. The quantitative estimate of drug-likeness (QED) is 0.722. The number of likely N-dealkylation sites (N-methyl/N-ethyl adjacent to an activating group) is 1. The highest BCUT2D eigenvalue weighted by atomic mass is 19.1. The van der Waals surface area contributed by atoms with Gasteiger partial charge < -0.3 is 4.90 Å². The van der Waals surface area contributed by atoms with Crippen LogP contribution >= 0.6 is 0 Å². The molecule has 1 aliphatic rings. The second-order valence-corrected chi connectivity index (χ2v) is 5.62. The van der Waals surface area contributed by atoms with E-state index >= 15 is 0 Å². The molecule has 4 heteroatoms. The van der Waals surface area contributed by atoms with E-state index in [1.54, 1.807) is 18.2 Å². The van der Waals surface area contributed by atoms with Gasteiger partial charge in [0, 0.05) is 25.6 Å². The van der Waals surface area contributed by atoms with Gasteiger partial charge in [-0.1, -0.05) is 26.0 Å². The molecule has 1 aliphatic heterocycles. The summed E-state index contributed by atoms with van der Waals surface area (Å²) in [6.45, 7) is 9.30. The number of hydrogen-bond donors (Lipinski definition) is 0. The van der Waals surface area contributed by atoms with Crippen molar-refractivity contribution in [3.8, 4) is 0 Å². The molecule has 1 aromatic carbocycles. The average molecular weight is 292 g/mol. The van der Waals surface area contributed by atoms with Crippen LogP contribution in [0.15, 0.2) is 24.3 Å². The van der Waals surface area contributed by atoms with Gasteiger partial charge in [-0.3, -0.25) is 9.69 Å². The summed E-state index contributed by atoms with van der Waals surface area (Å²) in [5, 5.41) is 0. The lowest BCUT2D eigenvalue weighted by Crippen LogP contribution is -2.37. The second kappa shape index (κ2) is 7.66. The molecule has 1 heterocycles. The fourth-order valence-electron chi connectivity index (χ4n) is 3.14. The SMILES string of the molecule is CCN(CC)C1CCN(CCC(=O)c2ccccc2F)C1. The number of halogens is 1. The average Bonchev–Trinajstić information content (AvgIpc) is 2.95. The molecule has 1 fully saturated rings. The smallest absolute Gasteiger partial charge is 0.167 e. The molecular weight excluding hydrogens is 267 g/mol. The number of Topliss-reactive ketones (excluding diaryl/α,β-unsaturated/α-hetero) is 1. The van der Waals surface area contributed by atoms with Gasteiger partial charge in [0.1, 0.15) is 5.82 Å². The molecule has 3 nitrogen and oxygen atoms in total. The highest BCUT2D eigenvalue weighted by molar-refractivity contribution is 5.96. The third-order valence-electron chi connectivity index (χ3n) is 4.41. The summed E-state index contributed by atoms with van der Waals surface area (Å²) >= 11 is 0. The first kappa shape index (κ1) is 16.1. The van der Waals surface area contributed by atoms with Crippen LogP contribution in [0.3, 0.4) is 0 Å². The van der Waals surface area contributed by atoms with E-state index in [1.165, 1.54) is 6.07 Å². The van der Waals surface area contributed by atoms with Crippen molar-refractivity contribution in [2.24, 2.45) is 0 Å². The van der Waals surface area contributed by atoms with Crippen molar-refractivity contribution in [3.05, 3.63) is 35.6 Å². The zero-order chi connectivity index (χ0) is 15.2. The van der Waals surface area contributed by atoms with Crippen molar-refractivity contribution in [1.82, 2.24) is 9.80 Å². The van der Waals surface area contributed by atoms with Gasteiger partial charge in [0.2, 0.25) is 0 Å². The standard InChI is InChI=1S/C17H25FN2O/c1-3-20(4-2)14-9-11-19(13-14)12-10-17(21)15-7-5-6-8-16(15)18/h5-8,14H,3-4,9-13H2,1-2H3. The van der Waals surface area contributed by atoms with Crippen LogP contribution in [0.2, 0.25) is 0 Å². The predicted octanol–water partition coefficient (Wildman–Crippen LogP) is 2.81. The summed E-state index contributed by atoms with van der Waals surface area (Å²) in [6.07, 6.45) is 1.56. The van der Waals surface area contributed by atoms with Crippen LogP contribution < -0.4 is 0 Å². The Bertz CT molecular complexity index is 474. The topological polar surface area (TPSA) is 23.6 Å². The summed E-state index contributed by atoms with van der Waals surface area (Å²) in [7, 11) is 0. The lowest BCUT2D eigenvalue weighted by Gasteiger charge is -2.26. The lowest BCUT2D eigenvalue weighted by atomic mass is 10.1. The van der Waals surface area contributed by atoms with E-state index < -0.39 is 5.82 Å². The molecule has 21 heavy (non-hydrogen) atoms. The Morgan fingerprint density at radius 2 is 2.05 bits per heavy atom. The molecule has 2 rings (SSSR count). The third-order valence-corrected chi connectivity index (χ3v) is 4.41. The van der Waals surface area contributed by atoms with Crippen molar-refractivity contribution < 1.29 is 9.18 Å². The molecule has 0 amide bonds. The Hall–Kier alpha value is -1.26. The Morgan fingerprint density at radius 1 is 1.33 bits per heavy atom. The fourth-order valence-corrected chi connectivity index (χ4v) is 3.14. The number of likely N-dealkylation sites (tertiary alicyclic amines) is 1. The van der Waals surface area contributed by atoms with Crippen molar-refractivity contribution in [3.63, 3.8) is 0 Å². The summed E-state index contributed by atoms with van der Waals surface area (Å²) in [4.78, 5) is 16.9. The van der Waals surface area contributed by atoms with Gasteiger partial charge in [-0.2, -0.15) is 0 Å².